The molecule has 2 aromatic rings. The quantitative estimate of drug-likeness (QED) is 0.726. The average Bonchev–Trinajstić information content (AvgIpc) is 2.75. The number of sulfonamides is 1. The van der Waals surface area contributed by atoms with E-state index >= 15 is 0 Å². The zero-order valence-electron chi connectivity index (χ0n) is 18.1. The van der Waals surface area contributed by atoms with Gasteiger partial charge in [0.1, 0.15) is 0 Å². The normalized spacial score (nSPS) is 17.2. The third kappa shape index (κ3) is 5.31. The lowest BCUT2D eigenvalue weighted by Gasteiger charge is -2.36. The van der Waals surface area contributed by atoms with Crippen LogP contribution in [0.1, 0.15) is 23.6 Å². The maximum atomic E-state index is 13.0. The Balaban J connectivity index is 1.65. The monoisotopic (exact) mass is 469 g/mol. The van der Waals surface area contributed by atoms with Crippen molar-refractivity contribution < 1.29 is 26.4 Å². The van der Waals surface area contributed by atoms with Gasteiger partial charge < -0.3 is 5.32 Å². The van der Waals surface area contributed by atoms with Crippen LogP contribution in [-0.2, 0) is 21.0 Å². The van der Waals surface area contributed by atoms with Crippen molar-refractivity contribution in [1.82, 2.24) is 9.21 Å². The van der Waals surface area contributed by atoms with Crippen molar-refractivity contribution in [1.29, 1.82) is 0 Å². The molecule has 1 atom stereocenters. The summed E-state index contributed by atoms with van der Waals surface area (Å²) in [5, 5.41) is 2.92. The molecule has 1 N–H and O–H groups in total. The number of halogens is 3. The van der Waals surface area contributed by atoms with E-state index in [1.807, 2.05) is 36.9 Å². The first kappa shape index (κ1) is 24.2. The van der Waals surface area contributed by atoms with Gasteiger partial charge in [-0.2, -0.15) is 17.5 Å². The fraction of sp³-hybridized carbons (Fsp3) is 0.409. The van der Waals surface area contributed by atoms with Crippen LogP contribution in [0, 0.1) is 13.8 Å². The number of rotatable bonds is 5. The standard InChI is InChI=1S/C22H26F3N3O3S/c1-15-7-8-16(2)20(13-15)26-21(29)17(3)27-9-11-28(12-10-27)32(30,31)19-6-4-5-18(14-19)22(23,24)25/h4-8,13-14,17H,9-12H2,1-3H3,(H,26,29). The van der Waals surface area contributed by atoms with Gasteiger partial charge in [0.15, 0.2) is 0 Å². The van der Waals surface area contributed by atoms with Gasteiger partial charge in [-0.3, -0.25) is 9.69 Å². The number of carbonyl (C=O) groups excluding carboxylic acids is 1. The van der Waals surface area contributed by atoms with Gasteiger partial charge in [0, 0.05) is 31.9 Å². The van der Waals surface area contributed by atoms with Gasteiger partial charge in [-0.25, -0.2) is 8.42 Å². The molecule has 32 heavy (non-hydrogen) atoms. The van der Waals surface area contributed by atoms with Gasteiger partial charge in [-0.05, 0) is 56.2 Å². The average molecular weight is 470 g/mol. The molecule has 2 aromatic carbocycles. The van der Waals surface area contributed by atoms with E-state index in [4.69, 9.17) is 0 Å². The SMILES string of the molecule is Cc1ccc(C)c(NC(=O)C(C)N2CCN(S(=O)(=O)c3cccc(C(F)(F)F)c3)CC2)c1. The molecule has 10 heteroatoms. The fourth-order valence-corrected chi connectivity index (χ4v) is 5.06. The van der Waals surface area contributed by atoms with Gasteiger partial charge in [0.25, 0.3) is 0 Å². The molecule has 1 saturated heterocycles. The van der Waals surface area contributed by atoms with Crippen molar-refractivity contribution in [3.8, 4) is 0 Å². The zero-order chi connectivity index (χ0) is 23.7. The molecule has 0 aromatic heterocycles. The number of carbonyl (C=O) groups is 1. The summed E-state index contributed by atoms with van der Waals surface area (Å²) in [6.07, 6.45) is -4.62. The van der Waals surface area contributed by atoms with Gasteiger partial charge in [0.2, 0.25) is 15.9 Å². The lowest BCUT2D eigenvalue weighted by Crippen LogP contribution is -2.53. The molecular formula is C22H26F3N3O3S. The van der Waals surface area contributed by atoms with E-state index < -0.39 is 27.8 Å². The number of piperazine rings is 1. The van der Waals surface area contributed by atoms with Crippen LogP contribution in [0.25, 0.3) is 0 Å². The third-order valence-corrected chi connectivity index (χ3v) is 7.55. The molecule has 1 aliphatic heterocycles. The van der Waals surface area contributed by atoms with E-state index in [0.29, 0.717) is 19.2 Å². The minimum atomic E-state index is -4.62. The van der Waals surface area contributed by atoms with E-state index in [2.05, 4.69) is 5.32 Å². The zero-order valence-corrected chi connectivity index (χ0v) is 18.9. The molecule has 0 saturated carbocycles. The number of aryl methyl sites for hydroxylation is 2. The van der Waals surface area contributed by atoms with Crippen LogP contribution in [0.5, 0.6) is 0 Å². The number of amides is 1. The van der Waals surface area contributed by atoms with Crippen LogP contribution < -0.4 is 5.32 Å². The molecule has 0 radical (unpaired) electrons. The smallest absolute Gasteiger partial charge is 0.324 e. The van der Waals surface area contributed by atoms with Crippen molar-refractivity contribution in [3.63, 3.8) is 0 Å². The Morgan fingerprint density at radius 1 is 1.03 bits per heavy atom. The van der Waals surface area contributed by atoms with Crippen LogP contribution in [-0.4, -0.2) is 55.8 Å². The fourth-order valence-electron chi connectivity index (χ4n) is 3.59. The first-order valence-electron chi connectivity index (χ1n) is 10.2. The Morgan fingerprint density at radius 3 is 2.31 bits per heavy atom. The number of hydrogen-bond donors (Lipinski definition) is 1. The molecule has 0 aliphatic carbocycles. The Labute approximate surface area is 186 Å². The number of nitrogens with zero attached hydrogens (tertiary/aromatic N) is 2. The lowest BCUT2D eigenvalue weighted by atomic mass is 10.1. The van der Waals surface area contributed by atoms with E-state index in [1.165, 1.54) is 0 Å². The van der Waals surface area contributed by atoms with Crippen LogP contribution in [0.15, 0.2) is 47.4 Å². The van der Waals surface area contributed by atoms with Crippen molar-refractivity contribution in [3.05, 3.63) is 59.2 Å². The highest BCUT2D eigenvalue weighted by Crippen LogP contribution is 2.31. The second-order valence-corrected chi connectivity index (χ2v) is 9.89. The number of alkyl halides is 3. The summed E-state index contributed by atoms with van der Waals surface area (Å²) >= 11 is 0. The molecule has 6 nitrogen and oxygen atoms in total. The molecule has 1 unspecified atom stereocenters. The number of nitrogens with one attached hydrogen (secondary N) is 1. The largest absolute Gasteiger partial charge is 0.416 e. The molecule has 1 aliphatic rings. The van der Waals surface area contributed by atoms with Crippen molar-refractivity contribution >= 4 is 21.6 Å². The summed E-state index contributed by atoms with van der Waals surface area (Å²) in [5.41, 5.74) is 1.68. The number of benzene rings is 2. The Morgan fingerprint density at radius 2 is 1.69 bits per heavy atom. The summed E-state index contributed by atoms with van der Waals surface area (Å²) in [6.45, 7) is 6.33. The summed E-state index contributed by atoms with van der Waals surface area (Å²) < 4.78 is 65.8. The topological polar surface area (TPSA) is 69.7 Å². The van der Waals surface area contributed by atoms with E-state index in [-0.39, 0.29) is 23.9 Å². The van der Waals surface area contributed by atoms with E-state index in [0.717, 1.165) is 39.3 Å². The molecule has 3 rings (SSSR count). The van der Waals surface area contributed by atoms with Crippen LogP contribution in [0.3, 0.4) is 0 Å². The third-order valence-electron chi connectivity index (χ3n) is 5.65. The predicted molar refractivity (Wildman–Crippen MR) is 116 cm³/mol. The minimum absolute atomic E-state index is 0.0830. The first-order valence-corrected chi connectivity index (χ1v) is 11.6. The highest BCUT2D eigenvalue weighted by atomic mass is 32.2. The van der Waals surface area contributed by atoms with Crippen molar-refractivity contribution in [2.24, 2.45) is 0 Å². The Hall–Kier alpha value is -2.43. The summed E-state index contributed by atoms with van der Waals surface area (Å²) in [5.74, 6) is -0.201. The van der Waals surface area contributed by atoms with E-state index in [9.17, 15) is 26.4 Å². The highest BCUT2D eigenvalue weighted by molar-refractivity contribution is 7.89. The molecule has 0 bridgehead atoms. The number of hydrogen-bond acceptors (Lipinski definition) is 4. The lowest BCUT2D eigenvalue weighted by molar-refractivity contribution is -0.137. The van der Waals surface area contributed by atoms with Crippen molar-refractivity contribution in [2.75, 3.05) is 31.5 Å². The summed E-state index contributed by atoms with van der Waals surface area (Å²) in [6, 6.07) is 9.02. The molecular weight excluding hydrogens is 443 g/mol. The van der Waals surface area contributed by atoms with E-state index in [1.54, 1.807) is 6.92 Å². The number of anilines is 1. The van der Waals surface area contributed by atoms with Gasteiger partial charge in [-0.1, -0.05) is 18.2 Å². The summed E-state index contributed by atoms with van der Waals surface area (Å²) in [4.78, 5) is 14.2. The minimum Gasteiger partial charge on any atom is -0.324 e. The molecule has 0 spiro atoms. The molecule has 1 fully saturated rings. The first-order chi connectivity index (χ1) is 14.9. The second kappa shape index (κ2) is 9.21. The molecule has 174 valence electrons. The van der Waals surface area contributed by atoms with Crippen LogP contribution in [0.4, 0.5) is 18.9 Å². The molecule has 1 heterocycles. The van der Waals surface area contributed by atoms with Gasteiger partial charge >= 0.3 is 6.18 Å². The molecule has 1 amide bonds. The van der Waals surface area contributed by atoms with Crippen LogP contribution in [0.2, 0.25) is 0 Å². The Kier molecular flexibility index (Phi) is 6.97. The maximum absolute atomic E-state index is 13.0. The second-order valence-electron chi connectivity index (χ2n) is 7.95. The van der Waals surface area contributed by atoms with Crippen LogP contribution >= 0.6 is 0 Å². The maximum Gasteiger partial charge on any atom is 0.416 e. The van der Waals surface area contributed by atoms with Gasteiger partial charge in [-0.15, -0.1) is 0 Å². The van der Waals surface area contributed by atoms with Gasteiger partial charge in [0.05, 0.1) is 16.5 Å². The highest BCUT2D eigenvalue weighted by Gasteiger charge is 2.35. The summed E-state index contributed by atoms with van der Waals surface area (Å²) in [7, 11) is -4.07. The Bertz CT molecular complexity index is 1100. The predicted octanol–water partition coefficient (Wildman–Crippen LogP) is 3.66. The van der Waals surface area contributed by atoms with Crippen molar-refractivity contribution in [2.45, 2.75) is 37.9 Å².